The Morgan fingerprint density at radius 1 is 1.20 bits per heavy atom. The molecule has 116 valence electrons. The number of hydrogen-bond donors (Lipinski definition) is 2. The summed E-state index contributed by atoms with van der Waals surface area (Å²) in [7, 11) is 0. The zero-order valence-electron chi connectivity index (χ0n) is 12.6. The zero-order valence-corrected chi connectivity index (χ0v) is 12.6. The van der Waals surface area contributed by atoms with E-state index in [9.17, 15) is 5.11 Å². The highest BCUT2D eigenvalue weighted by Crippen LogP contribution is 2.28. The van der Waals surface area contributed by atoms with Gasteiger partial charge in [0.2, 0.25) is 0 Å². The van der Waals surface area contributed by atoms with Gasteiger partial charge in [-0.2, -0.15) is 0 Å². The highest BCUT2D eigenvalue weighted by molar-refractivity contribution is 4.86. The van der Waals surface area contributed by atoms with Crippen LogP contribution in [0, 0.1) is 5.92 Å². The average Bonchev–Trinajstić information content (AvgIpc) is 3.09. The molecule has 3 unspecified atom stereocenters. The van der Waals surface area contributed by atoms with Gasteiger partial charge in [0.15, 0.2) is 0 Å². The van der Waals surface area contributed by atoms with Crippen molar-refractivity contribution in [1.82, 2.24) is 10.2 Å². The van der Waals surface area contributed by atoms with Gasteiger partial charge in [0.05, 0.1) is 18.8 Å². The fourth-order valence-corrected chi connectivity index (χ4v) is 4.13. The molecule has 3 atom stereocenters. The Bertz CT molecular complexity index is 294. The van der Waals surface area contributed by atoms with Crippen molar-refractivity contribution in [1.29, 1.82) is 0 Å². The third-order valence-electron chi connectivity index (χ3n) is 5.29. The average molecular weight is 282 g/mol. The number of nitrogens with zero attached hydrogens (tertiary/aromatic N) is 1. The fraction of sp³-hybridized carbons (Fsp3) is 1.00. The summed E-state index contributed by atoms with van der Waals surface area (Å²) in [6, 6.07) is 0.680. The quantitative estimate of drug-likeness (QED) is 0.772. The molecule has 0 spiro atoms. The number of rotatable bonds is 6. The van der Waals surface area contributed by atoms with Crippen LogP contribution in [0.25, 0.3) is 0 Å². The third kappa shape index (κ3) is 3.94. The first-order chi connectivity index (χ1) is 9.81. The molecule has 0 aromatic rings. The van der Waals surface area contributed by atoms with E-state index in [4.69, 9.17) is 4.74 Å². The molecule has 0 aromatic carbocycles. The fourth-order valence-electron chi connectivity index (χ4n) is 4.13. The SMILES string of the molecule is OC(CNCC1CN2CCCC2CO1)CC1CCCC1. The first-order valence-electron chi connectivity index (χ1n) is 8.55. The van der Waals surface area contributed by atoms with E-state index in [-0.39, 0.29) is 6.10 Å². The van der Waals surface area contributed by atoms with Gasteiger partial charge in [-0.1, -0.05) is 25.7 Å². The molecule has 3 rings (SSSR count). The van der Waals surface area contributed by atoms with Crippen LogP contribution in [0.15, 0.2) is 0 Å². The molecule has 0 aromatic heterocycles. The van der Waals surface area contributed by atoms with Gasteiger partial charge in [-0.25, -0.2) is 0 Å². The van der Waals surface area contributed by atoms with Gasteiger partial charge in [-0.3, -0.25) is 4.90 Å². The molecule has 4 nitrogen and oxygen atoms in total. The highest BCUT2D eigenvalue weighted by Gasteiger charge is 2.31. The Kier molecular flexibility index (Phi) is 5.32. The second-order valence-electron chi connectivity index (χ2n) is 6.94. The Morgan fingerprint density at radius 2 is 2.05 bits per heavy atom. The van der Waals surface area contributed by atoms with E-state index in [1.165, 1.54) is 45.1 Å². The van der Waals surface area contributed by atoms with E-state index < -0.39 is 0 Å². The van der Waals surface area contributed by atoms with E-state index >= 15 is 0 Å². The molecule has 2 saturated heterocycles. The summed E-state index contributed by atoms with van der Waals surface area (Å²) in [5.41, 5.74) is 0. The minimum Gasteiger partial charge on any atom is -0.392 e. The Hall–Kier alpha value is -0.160. The monoisotopic (exact) mass is 282 g/mol. The van der Waals surface area contributed by atoms with Crippen molar-refractivity contribution in [3.05, 3.63) is 0 Å². The van der Waals surface area contributed by atoms with Gasteiger partial charge < -0.3 is 15.2 Å². The largest absolute Gasteiger partial charge is 0.392 e. The van der Waals surface area contributed by atoms with Crippen LogP contribution >= 0.6 is 0 Å². The van der Waals surface area contributed by atoms with Crippen molar-refractivity contribution in [3.63, 3.8) is 0 Å². The maximum atomic E-state index is 10.1. The van der Waals surface area contributed by atoms with Gasteiger partial charge in [0.25, 0.3) is 0 Å². The van der Waals surface area contributed by atoms with Gasteiger partial charge in [0.1, 0.15) is 0 Å². The van der Waals surface area contributed by atoms with Crippen LogP contribution in [0.5, 0.6) is 0 Å². The van der Waals surface area contributed by atoms with Crippen LogP contribution in [0.4, 0.5) is 0 Å². The van der Waals surface area contributed by atoms with E-state index in [1.807, 2.05) is 0 Å². The van der Waals surface area contributed by atoms with Crippen LogP contribution in [0.1, 0.15) is 44.9 Å². The predicted octanol–water partition coefficient (Wildman–Crippen LogP) is 1.38. The lowest BCUT2D eigenvalue weighted by Gasteiger charge is -2.35. The van der Waals surface area contributed by atoms with Crippen LogP contribution < -0.4 is 5.32 Å². The number of ether oxygens (including phenoxy) is 1. The topological polar surface area (TPSA) is 44.7 Å². The Morgan fingerprint density at radius 3 is 2.90 bits per heavy atom. The molecule has 20 heavy (non-hydrogen) atoms. The lowest BCUT2D eigenvalue weighted by Crippen LogP contribution is -2.50. The van der Waals surface area contributed by atoms with E-state index in [0.717, 1.165) is 38.6 Å². The van der Waals surface area contributed by atoms with Crippen LogP contribution in [0.2, 0.25) is 0 Å². The molecule has 4 heteroatoms. The Labute approximate surface area is 122 Å². The summed E-state index contributed by atoms with van der Waals surface area (Å²) >= 11 is 0. The minimum absolute atomic E-state index is 0.179. The van der Waals surface area contributed by atoms with Gasteiger partial charge in [-0.15, -0.1) is 0 Å². The minimum atomic E-state index is -0.179. The number of aliphatic hydroxyl groups excluding tert-OH is 1. The van der Waals surface area contributed by atoms with Crippen molar-refractivity contribution in [2.45, 2.75) is 63.2 Å². The van der Waals surface area contributed by atoms with E-state index in [0.29, 0.717) is 12.1 Å². The molecule has 1 aliphatic carbocycles. The standard InChI is InChI=1S/C16H30N2O2/c19-15(8-13-4-1-2-5-13)9-17-10-16-11-18-7-3-6-14(18)12-20-16/h13-17,19H,1-12H2. The highest BCUT2D eigenvalue weighted by atomic mass is 16.5. The number of hydrogen-bond acceptors (Lipinski definition) is 4. The molecule has 1 saturated carbocycles. The molecule has 2 aliphatic heterocycles. The zero-order chi connectivity index (χ0) is 13.8. The van der Waals surface area contributed by atoms with Crippen molar-refractivity contribution in [2.24, 2.45) is 5.92 Å². The lowest BCUT2D eigenvalue weighted by molar-refractivity contribution is -0.0477. The molecular formula is C16H30N2O2. The molecular weight excluding hydrogens is 252 g/mol. The molecule has 0 amide bonds. The normalized spacial score (nSPS) is 33.5. The molecule has 3 aliphatic rings. The first kappa shape index (κ1) is 14.8. The summed E-state index contributed by atoms with van der Waals surface area (Å²) in [6.07, 6.45) is 9.10. The second-order valence-corrected chi connectivity index (χ2v) is 6.94. The summed E-state index contributed by atoms with van der Waals surface area (Å²) < 4.78 is 5.92. The molecule has 3 fully saturated rings. The van der Waals surface area contributed by atoms with Crippen molar-refractivity contribution < 1.29 is 9.84 Å². The van der Waals surface area contributed by atoms with Crippen LogP contribution in [-0.2, 0) is 4.74 Å². The van der Waals surface area contributed by atoms with Crippen molar-refractivity contribution in [2.75, 3.05) is 32.8 Å². The first-order valence-corrected chi connectivity index (χ1v) is 8.55. The Balaban J connectivity index is 1.29. The maximum Gasteiger partial charge on any atom is 0.0827 e. The van der Waals surface area contributed by atoms with Gasteiger partial charge in [-0.05, 0) is 31.7 Å². The smallest absolute Gasteiger partial charge is 0.0827 e. The van der Waals surface area contributed by atoms with Crippen molar-refractivity contribution in [3.8, 4) is 0 Å². The van der Waals surface area contributed by atoms with Crippen molar-refractivity contribution >= 4 is 0 Å². The summed E-state index contributed by atoms with van der Waals surface area (Å²) in [5, 5.41) is 13.5. The van der Waals surface area contributed by atoms with Gasteiger partial charge in [0, 0.05) is 25.7 Å². The van der Waals surface area contributed by atoms with Crippen LogP contribution in [-0.4, -0.2) is 61.0 Å². The maximum absolute atomic E-state index is 10.1. The predicted molar refractivity (Wildman–Crippen MR) is 79.8 cm³/mol. The third-order valence-corrected chi connectivity index (χ3v) is 5.29. The van der Waals surface area contributed by atoms with E-state index in [2.05, 4.69) is 10.2 Å². The molecule has 2 heterocycles. The summed E-state index contributed by atoms with van der Waals surface area (Å²) in [5.74, 6) is 0.767. The van der Waals surface area contributed by atoms with Crippen LogP contribution in [0.3, 0.4) is 0 Å². The second kappa shape index (κ2) is 7.21. The number of nitrogens with one attached hydrogen (secondary N) is 1. The summed E-state index contributed by atoms with van der Waals surface area (Å²) in [6.45, 7) is 4.81. The molecule has 0 radical (unpaired) electrons. The number of aliphatic hydroxyl groups is 1. The number of morpholine rings is 1. The van der Waals surface area contributed by atoms with Gasteiger partial charge >= 0.3 is 0 Å². The number of fused-ring (bicyclic) bond motifs is 1. The van der Waals surface area contributed by atoms with E-state index in [1.54, 1.807) is 0 Å². The molecule has 0 bridgehead atoms. The lowest BCUT2D eigenvalue weighted by atomic mass is 10.00. The summed E-state index contributed by atoms with van der Waals surface area (Å²) in [4.78, 5) is 2.57. The molecule has 2 N–H and O–H groups in total.